The first-order valence-corrected chi connectivity index (χ1v) is 11.0. The number of carbonyl (C=O) groups excluding carboxylic acids is 1. The molecule has 1 atom stereocenters. The third-order valence-electron chi connectivity index (χ3n) is 6.12. The molecule has 2 aliphatic rings. The first kappa shape index (κ1) is 21.2. The third-order valence-corrected chi connectivity index (χ3v) is 6.49. The number of carbonyl (C=O) groups is 1. The Morgan fingerprint density at radius 1 is 1.13 bits per heavy atom. The highest BCUT2D eigenvalue weighted by Gasteiger charge is 2.28. The summed E-state index contributed by atoms with van der Waals surface area (Å²) in [6.07, 6.45) is 1.40. The Hall–Kier alpha value is -2.02. The van der Waals surface area contributed by atoms with Gasteiger partial charge in [-0.05, 0) is 38.4 Å². The number of aromatic nitrogens is 2. The second-order valence-electron chi connectivity index (χ2n) is 8.21. The van der Waals surface area contributed by atoms with Gasteiger partial charge in [-0.25, -0.2) is 9.97 Å². The van der Waals surface area contributed by atoms with Crippen LogP contribution in [0.15, 0.2) is 24.3 Å². The molecule has 1 unspecified atom stereocenters. The fourth-order valence-corrected chi connectivity index (χ4v) is 4.53. The monoisotopic (exact) mass is 428 g/mol. The molecule has 2 aromatic rings. The topological polar surface area (TPSA) is 58.6 Å². The Labute approximate surface area is 183 Å². The van der Waals surface area contributed by atoms with Crippen molar-refractivity contribution in [2.45, 2.75) is 39.2 Å². The summed E-state index contributed by atoms with van der Waals surface area (Å²) in [4.78, 5) is 26.6. The number of likely N-dealkylation sites (tertiary alicyclic amines) is 1. The minimum atomic E-state index is 0.132. The molecule has 160 valence electrons. The van der Waals surface area contributed by atoms with E-state index in [1.165, 1.54) is 0 Å². The maximum atomic E-state index is 12.7. The normalized spacial score (nSPS) is 20.0. The molecule has 6 nitrogen and oxygen atoms in total. The zero-order valence-corrected chi connectivity index (χ0v) is 18.5. The Bertz CT molecular complexity index is 891. The summed E-state index contributed by atoms with van der Waals surface area (Å²) in [6, 6.07) is 8.02. The van der Waals surface area contributed by atoms with Gasteiger partial charge in [-0.1, -0.05) is 29.8 Å². The molecule has 2 fully saturated rings. The van der Waals surface area contributed by atoms with Crippen molar-refractivity contribution < 1.29 is 9.53 Å². The SMILES string of the molecule is Cc1nc(C2CCN(Cc3ccccc3Cl)C2)nc(C)c1CC(=O)N1CCOCC1. The molecule has 0 saturated carbocycles. The number of hydrogen-bond donors (Lipinski definition) is 0. The number of benzene rings is 1. The first-order chi connectivity index (χ1) is 14.5. The highest BCUT2D eigenvalue weighted by Crippen LogP contribution is 2.28. The van der Waals surface area contributed by atoms with Crippen LogP contribution in [-0.4, -0.2) is 65.1 Å². The summed E-state index contributed by atoms with van der Waals surface area (Å²) in [5, 5.41) is 0.818. The van der Waals surface area contributed by atoms with E-state index >= 15 is 0 Å². The van der Waals surface area contributed by atoms with Crippen LogP contribution < -0.4 is 0 Å². The lowest BCUT2D eigenvalue weighted by molar-refractivity contribution is -0.134. The minimum absolute atomic E-state index is 0.132. The van der Waals surface area contributed by atoms with E-state index in [0.29, 0.717) is 38.6 Å². The molecule has 1 aromatic heterocycles. The molecule has 1 aromatic carbocycles. The van der Waals surface area contributed by atoms with Gasteiger partial charge in [0.05, 0.1) is 19.6 Å². The molecule has 7 heteroatoms. The van der Waals surface area contributed by atoms with Crippen LogP contribution in [0.2, 0.25) is 5.02 Å². The lowest BCUT2D eigenvalue weighted by Crippen LogP contribution is -2.41. The maximum Gasteiger partial charge on any atom is 0.227 e. The van der Waals surface area contributed by atoms with Gasteiger partial charge in [0.2, 0.25) is 5.91 Å². The van der Waals surface area contributed by atoms with Gasteiger partial charge in [-0.15, -0.1) is 0 Å². The van der Waals surface area contributed by atoms with E-state index in [1.54, 1.807) is 0 Å². The highest BCUT2D eigenvalue weighted by molar-refractivity contribution is 6.31. The predicted molar refractivity (Wildman–Crippen MR) is 117 cm³/mol. The molecule has 2 saturated heterocycles. The van der Waals surface area contributed by atoms with Crippen LogP contribution in [0.4, 0.5) is 0 Å². The van der Waals surface area contributed by atoms with Gasteiger partial charge in [-0.3, -0.25) is 9.69 Å². The van der Waals surface area contributed by atoms with Gasteiger partial charge in [0.1, 0.15) is 5.82 Å². The molecule has 0 radical (unpaired) electrons. The number of hydrogen-bond acceptors (Lipinski definition) is 5. The quantitative estimate of drug-likeness (QED) is 0.732. The summed E-state index contributed by atoms with van der Waals surface area (Å²) in [7, 11) is 0. The van der Waals surface area contributed by atoms with Crippen LogP contribution in [0.1, 0.15) is 40.7 Å². The lowest BCUT2D eigenvalue weighted by atomic mass is 10.0. The fraction of sp³-hybridized carbons (Fsp3) is 0.522. The van der Waals surface area contributed by atoms with E-state index in [4.69, 9.17) is 26.3 Å². The molecule has 4 rings (SSSR count). The van der Waals surface area contributed by atoms with Crippen LogP contribution in [-0.2, 0) is 22.5 Å². The van der Waals surface area contributed by atoms with E-state index < -0.39 is 0 Å². The Morgan fingerprint density at radius 3 is 2.53 bits per heavy atom. The van der Waals surface area contributed by atoms with Crippen LogP contribution in [0.25, 0.3) is 0 Å². The second-order valence-corrected chi connectivity index (χ2v) is 8.62. The largest absolute Gasteiger partial charge is 0.378 e. The predicted octanol–water partition coefficient (Wildman–Crippen LogP) is 3.14. The minimum Gasteiger partial charge on any atom is -0.378 e. The molecule has 3 heterocycles. The van der Waals surface area contributed by atoms with Gasteiger partial charge in [-0.2, -0.15) is 0 Å². The molecule has 0 N–H and O–H groups in total. The van der Waals surface area contributed by atoms with Gasteiger partial charge in [0.15, 0.2) is 0 Å². The summed E-state index contributed by atoms with van der Waals surface area (Å²) in [5.74, 6) is 1.34. The molecule has 0 spiro atoms. The van der Waals surface area contributed by atoms with E-state index in [-0.39, 0.29) is 5.91 Å². The van der Waals surface area contributed by atoms with Crippen molar-refractivity contribution in [3.05, 3.63) is 57.6 Å². The second kappa shape index (κ2) is 9.41. The van der Waals surface area contributed by atoms with Crippen molar-refractivity contribution in [2.75, 3.05) is 39.4 Å². The Kier molecular flexibility index (Phi) is 6.66. The fourth-order valence-electron chi connectivity index (χ4n) is 4.33. The number of rotatable bonds is 5. The molecular weight excluding hydrogens is 400 g/mol. The number of amides is 1. The average Bonchev–Trinajstić information content (AvgIpc) is 3.21. The van der Waals surface area contributed by atoms with Crippen molar-refractivity contribution in [1.82, 2.24) is 19.8 Å². The standard InChI is InChI=1S/C23H29ClN4O2/c1-16-20(13-22(29)28-9-11-30-12-10-28)17(2)26-23(25-16)19-7-8-27(15-19)14-18-5-3-4-6-21(18)24/h3-6,19H,7-15H2,1-2H3. The van der Waals surface area contributed by atoms with Crippen molar-refractivity contribution in [3.8, 4) is 0 Å². The Balaban J connectivity index is 1.41. The van der Waals surface area contributed by atoms with Gasteiger partial charge in [0, 0.05) is 54.1 Å². The van der Waals surface area contributed by atoms with Crippen molar-refractivity contribution in [3.63, 3.8) is 0 Å². The third kappa shape index (κ3) is 4.82. The highest BCUT2D eigenvalue weighted by atomic mass is 35.5. The molecule has 2 aliphatic heterocycles. The maximum absolute atomic E-state index is 12.7. The zero-order chi connectivity index (χ0) is 21.1. The van der Waals surface area contributed by atoms with Crippen molar-refractivity contribution in [2.24, 2.45) is 0 Å². The Morgan fingerprint density at radius 2 is 1.83 bits per heavy atom. The van der Waals surface area contributed by atoms with Gasteiger partial charge < -0.3 is 9.64 Å². The molecule has 1 amide bonds. The van der Waals surface area contributed by atoms with E-state index in [2.05, 4.69) is 11.0 Å². The summed E-state index contributed by atoms with van der Waals surface area (Å²) >= 11 is 6.32. The van der Waals surface area contributed by atoms with Gasteiger partial charge >= 0.3 is 0 Å². The summed E-state index contributed by atoms with van der Waals surface area (Å²) < 4.78 is 5.34. The van der Waals surface area contributed by atoms with Crippen LogP contribution in [0.3, 0.4) is 0 Å². The van der Waals surface area contributed by atoms with E-state index in [0.717, 1.165) is 59.4 Å². The number of aryl methyl sites for hydroxylation is 2. The molecule has 30 heavy (non-hydrogen) atoms. The number of halogens is 1. The summed E-state index contributed by atoms with van der Waals surface area (Å²) in [5.41, 5.74) is 3.96. The van der Waals surface area contributed by atoms with Crippen LogP contribution >= 0.6 is 11.6 Å². The van der Waals surface area contributed by atoms with Crippen molar-refractivity contribution >= 4 is 17.5 Å². The molecule has 0 bridgehead atoms. The zero-order valence-electron chi connectivity index (χ0n) is 17.7. The average molecular weight is 429 g/mol. The number of morpholine rings is 1. The number of ether oxygens (including phenoxy) is 1. The van der Waals surface area contributed by atoms with E-state index in [9.17, 15) is 4.79 Å². The van der Waals surface area contributed by atoms with Crippen molar-refractivity contribution in [1.29, 1.82) is 0 Å². The van der Waals surface area contributed by atoms with Crippen LogP contribution in [0, 0.1) is 13.8 Å². The van der Waals surface area contributed by atoms with Gasteiger partial charge in [0.25, 0.3) is 0 Å². The van der Waals surface area contributed by atoms with E-state index in [1.807, 2.05) is 36.9 Å². The van der Waals surface area contributed by atoms with Crippen LogP contribution in [0.5, 0.6) is 0 Å². The summed E-state index contributed by atoms with van der Waals surface area (Å²) in [6.45, 7) is 9.34. The first-order valence-electron chi connectivity index (χ1n) is 10.7. The molecular formula is C23H29ClN4O2. The molecule has 0 aliphatic carbocycles. The lowest BCUT2D eigenvalue weighted by Gasteiger charge is -2.27. The number of nitrogens with zero attached hydrogens (tertiary/aromatic N) is 4. The smallest absolute Gasteiger partial charge is 0.227 e.